The number of nitrogens with one attached hydrogen (secondary N) is 1. The molecular formula is C15H20N4O3S. The van der Waals surface area contributed by atoms with Gasteiger partial charge in [0.25, 0.3) is 15.9 Å². The standard InChI is InChI=1S/C15H20N4O3S/c1-10-6-7-12(14(20)18(3)4)8-13(10)17-23(21,22)15-11(2)9-16-19(15)5/h6-9,17H,1-5H3. The molecule has 2 aromatic rings. The van der Waals surface area contributed by atoms with Gasteiger partial charge < -0.3 is 4.90 Å². The molecule has 0 saturated heterocycles. The number of nitrogens with zero attached hydrogens (tertiary/aromatic N) is 3. The number of hydrogen-bond acceptors (Lipinski definition) is 4. The van der Waals surface area contributed by atoms with Gasteiger partial charge in [-0.05, 0) is 31.5 Å². The minimum absolute atomic E-state index is 0.0984. The highest BCUT2D eigenvalue weighted by Gasteiger charge is 2.22. The summed E-state index contributed by atoms with van der Waals surface area (Å²) in [5, 5.41) is 4.05. The molecule has 1 N–H and O–H groups in total. The predicted octanol–water partition coefficient (Wildman–Crippen LogP) is 1.54. The Bertz CT molecular complexity index is 834. The van der Waals surface area contributed by atoms with Crippen LogP contribution in [0, 0.1) is 13.8 Å². The molecule has 0 aliphatic heterocycles. The van der Waals surface area contributed by atoms with Gasteiger partial charge >= 0.3 is 0 Å². The normalized spacial score (nSPS) is 11.3. The maximum Gasteiger partial charge on any atom is 0.279 e. The molecule has 0 fully saturated rings. The molecule has 1 heterocycles. The molecule has 124 valence electrons. The molecule has 0 saturated carbocycles. The minimum atomic E-state index is -3.79. The molecule has 2 rings (SSSR count). The summed E-state index contributed by atoms with van der Waals surface area (Å²) in [6, 6.07) is 4.93. The number of carbonyl (C=O) groups excluding carboxylic acids is 1. The fourth-order valence-electron chi connectivity index (χ4n) is 2.24. The van der Waals surface area contributed by atoms with Gasteiger partial charge in [-0.15, -0.1) is 0 Å². The predicted molar refractivity (Wildman–Crippen MR) is 88.0 cm³/mol. The number of rotatable bonds is 4. The lowest BCUT2D eigenvalue weighted by atomic mass is 10.1. The lowest BCUT2D eigenvalue weighted by Crippen LogP contribution is -2.22. The fourth-order valence-corrected chi connectivity index (χ4v) is 3.72. The Hall–Kier alpha value is -2.35. The first kappa shape index (κ1) is 17.0. The number of benzene rings is 1. The van der Waals surface area contributed by atoms with Crippen LogP contribution in [0.1, 0.15) is 21.5 Å². The second-order valence-corrected chi connectivity index (χ2v) is 7.19. The average Bonchev–Trinajstić information content (AvgIpc) is 2.80. The first-order valence-electron chi connectivity index (χ1n) is 6.97. The Kier molecular flexibility index (Phi) is 4.46. The maximum atomic E-state index is 12.6. The fraction of sp³-hybridized carbons (Fsp3) is 0.333. The summed E-state index contributed by atoms with van der Waals surface area (Å²) >= 11 is 0. The van der Waals surface area contributed by atoms with Crippen LogP contribution < -0.4 is 4.72 Å². The summed E-state index contributed by atoms with van der Waals surface area (Å²) in [7, 11) is 1.07. The summed E-state index contributed by atoms with van der Waals surface area (Å²) in [4.78, 5) is 13.5. The van der Waals surface area contributed by atoms with Crippen LogP contribution in [0.15, 0.2) is 29.4 Å². The van der Waals surface area contributed by atoms with E-state index in [0.717, 1.165) is 5.56 Å². The number of hydrogen-bond donors (Lipinski definition) is 1. The molecule has 0 atom stereocenters. The maximum absolute atomic E-state index is 12.6. The van der Waals surface area contributed by atoms with E-state index in [1.165, 1.54) is 15.8 Å². The molecule has 0 aliphatic carbocycles. The quantitative estimate of drug-likeness (QED) is 0.918. The smallest absolute Gasteiger partial charge is 0.279 e. The largest absolute Gasteiger partial charge is 0.345 e. The van der Waals surface area contributed by atoms with Crippen molar-refractivity contribution < 1.29 is 13.2 Å². The van der Waals surface area contributed by atoms with Crippen LogP contribution in [-0.2, 0) is 17.1 Å². The summed E-state index contributed by atoms with van der Waals surface area (Å²) < 4.78 is 29.1. The average molecular weight is 336 g/mol. The van der Waals surface area contributed by atoms with E-state index in [9.17, 15) is 13.2 Å². The summed E-state index contributed by atoms with van der Waals surface area (Å²) in [6.45, 7) is 3.46. The number of sulfonamides is 1. The van der Waals surface area contributed by atoms with Crippen molar-refractivity contribution in [3.8, 4) is 0 Å². The Morgan fingerprint density at radius 2 is 1.87 bits per heavy atom. The number of amides is 1. The third-order valence-electron chi connectivity index (χ3n) is 3.45. The Balaban J connectivity index is 2.44. The first-order valence-corrected chi connectivity index (χ1v) is 8.45. The Labute approximate surface area is 136 Å². The van der Waals surface area contributed by atoms with Crippen molar-refractivity contribution in [2.45, 2.75) is 18.9 Å². The monoisotopic (exact) mass is 336 g/mol. The van der Waals surface area contributed by atoms with Gasteiger partial charge in [-0.2, -0.15) is 13.5 Å². The van der Waals surface area contributed by atoms with Crippen LogP contribution >= 0.6 is 0 Å². The molecule has 0 radical (unpaired) electrons. The highest BCUT2D eigenvalue weighted by atomic mass is 32.2. The number of aromatic nitrogens is 2. The van der Waals surface area contributed by atoms with Gasteiger partial charge in [-0.25, -0.2) is 0 Å². The Morgan fingerprint density at radius 1 is 1.22 bits per heavy atom. The molecule has 0 aliphatic rings. The molecule has 23 heavy (non-hydrogen) atoms. The lowest BCUT2D eigenvalue weighted by Gasteiger charge is -2.15. The van der Waals surface area contributed by atoms with Crippen molar-refractivity contribution in [2.75, 3.05) is 18.8 Å². The van der Waals surface area contributed by atoms with Crippen molar-refractivity contribution in [3.63, 3.8) is 0 Å². The first-order chi connectivity index (χ1) is 10.6. The third kappa shape index (κ3) is 3.37. The van der Waals surface area contributed by atoms with Gasteiger partial charge in [-0.3, -0.25) is 14.2 Å². The van der Waals surface area contributed by atoms with Crippen LogP contribution in [0.4, 0.5) is 5.69 Å². The van der Waals surface area contributed by atoms with E-state index in [-0.39, 0.29) is 10.9 Å². The lowest BCUT2D eigenvalue weighted by molar-refractivity contribution is 0.0827. The third-order valence-corrected chi connectivity index (χ3v) is 5.03. The van der Waals surface area contributed by atoms with Crippen LogP contribution in [0.3, 0.4) is 0 Å². The molecule has 0 spiro atoms. The number of carbonyl (C=O) groups is 1. The van der Waals surface area contributed by atoms with Crippen LogP contribution in [-0.4, -0.2) is 43.1 Å². The number of aryl methyl sites for hydroxylation is 3. The van der Waals surface area contributed by atoms with E-state index in [1.54, 1.807) is 53.2 Å². The van der Waals surface area contributed by atoms with E-state index in [2.05, 4.69) is 9.82 Å². The summed E-state index contributed by atoms with van der Waals surface area (Å²) in [5.41, 5.74) is 2.07. The van der Waals surface area contributed by atoms with Crippen molar-refractivity contribution in [2.24, 2.45) is 7.05 Å². The van der Waals surface area contributed by atoms with Gasteiger partial charge in [0, 0.05) is 32.3 Å². The van der Waals surface area contributed by atoms with Gasteiger partial charge in [0.1, 0.15) is 0 Å². The van der Waals surface area contributed by atoms with Crippen molar-refractivity contribution >= 4 is 21.6 Å². The summed E-state index contributed by atoms with van der Waals surface area (Å²) in [6.07, 6.45) is 1.49. The van der Waals surface area contributed by atoms with E-state index in [1.807, 2.05) is 0 Å². The zero-order valence-corrected chi connectivity index (χ0v) is 14.6. The van der Waals surface area contributed by atoms with Crippen molar-refractivity contribution in [3.05, 3.63) is 41.1 Å². The van der Waals surface area contributed by atoms with Gasteiger partial charge in [0.05, 0.1) is 11.9 Å². The van der Waals surface area contributed by atoms with Crippen LogP contribution in [0.25, 0.3) is 0 Å². The topological polar surface area (TPSA) is 84.3 Å². The zero-order valence-electron chi connectivity index (χ0n) is 13.8. The van der Waals surface area contributed by atoms with Crippen LogP contribution in [0.5, 0.6) is 0 Å². The molecule has 1 aromatic carbocycles. The molecule has 7 nitrogen and oxygen atoms in total. The van der Waals surface area contributed by atoms with E-state index >= 15 is 0 Å². The number of anilines is 1. The SMILES string of the molecule is Cc1ccc(C(=O)N(C)C)cc1NS(=O)(=O)c1c(C)cnn1C. The van der Waals surface area contributed by atoms with Crippen LogP contribution in [0.2, 0.25) is 0 Å². The molecule has 0 bridgehead atoms. The summed E-state index contributed by atoms with van der Waals surface area (Å²) in [5.74, 6) is -0.192. The van der Waals surface area contributed by atoms with Gasteiger partial charge in [0.15, 0.2) is 5.03 Å². The molecular weight excluding hydrogens is 316 g/mol. The van der Waals surface area contributed by atoms with Crippen molar-refractivity contribution in [1.82, 2.24) is 14.7 Å². The second-order valence-electron chi connectivity index (χ2n) is 5.59. The van der Waals surface area contributed by atoms with E-state index in [4.69, 9.17) is 0 Å². The van der Waals surface area contributed by atoms with Crippen molar-refractivity contribution in [1.29, 1.82) is 0 Å². The highest BCUT2D eigenvalue weighted by Crippen LogP contribution is 2.23. The molecule has 1 aromatic heterocycles. The molecule has 8 heteroatoms. The molecule has 0 unspecified atom stereocenters. The Morgan fingerprint density at radius 3 is 2.39 bits per heavy atom. The zero-order chi connectivity index (χ0) is 17.4. The van der Waals surface area contributed by atoms with Gasteiger partial charge in [-0.1, -0.05) is 6.07 Å². The van der Waals surface area contributed by atoms with Gasteiger partial charge in [0.2, 0.25) is 0 Å². The molecule has 1 amide bonds. The van der Waals surface area contributed by atoms with E-state index < -0.39 is 10.0 Å². The van der Waals surface area contributed by atoms with E-state index in [0.29, 0.717) is 16.8 Å². The minimum Gasteiger partial charge on any atom is -0.345 e. The highest BCUT2D eigenvalue weighted by molar-refractivity contribution is 7.92. The second kappa shape index (κ2) is 6.04.